The number of nitrogens with one attached hydrogen (secondary N) is 1. The van der Waals surface area contributed by atoms with Crippen LogP contribution in [-0.4, -0.2) is 41.1 Å². The van der Waals surface area contributed by atoms with E-state index in [-0.39, 0.29) is 18.2 Å². The Bertz CT molecular complexity index is 238. The van der Waals surface area contributed by atoms with Crippen molar-refractivity contribution in [3.05, 3.63) is 0 Å². The lowest BCUT2D eigenvalue weighted by Gasteiger charge is -2.50. The summed E-state index contributed by atoms with van der Waals surface area (Å²) in [5, 5.41) is 10.3. The van der Waals surface area contributed by atoms with Crippen LogP contribution in [0, 0.1) is 5.92 Å². The highest BCUT2D eigenvalue weighted by atomic mass is 16.3. The molecule has 3 aliphatic rings. The molecule has 0 aromatic rings. The molecule has 1 atom stereocenters. The van der Waals surface area contributed by atoms with Gasteiger partial charge in [-0.15, -0.1) is 0 Å². The molecule has 0 radical (unpaired) electrons. The van der Waals surface area contributed by atoms with Crippen molar-refractivity contribution >= 4 is 5.91 Å². The van der Waals surface area contributed by atoms with E-state index < -0.39 is 5.60 Å². The molecular formula is C9H17N3O2. The fraction of sp³-hybridized carbons (Fsp3) is 0.889. The lowest BCUT2D eigenvalue weighted by atomic mass is 9.73. The number of fused-ring (bicyclic) bond motifs is 3. The van der Waals surface area contributed by atoms with E-state index >= 15 is 0 Å². The molecule has 14 heavy (non-hydrogen) atoms. The molecule has 5 heteroatoms. The average molecular weight is 199 g/mol. The third kappa shape index (κ3) is 1.63. The zero-order chi connectivity index (χ0) is 10.2. The molecule has 3 rings (SSSR count). The summed E-state index contributed by atoms with van der Waals surface area (Å²) in [6, 6.07) is 0. The first kappa shape index (κ1) is 9.89. The first-order chi connectivity index (χ1) is 6.64. The summed E-state index contributed by atoms with van der Waals surface area (Å²) < 4.78 is 0. The van der Waals surface area contributed by atoms with E-state index in [0.717, 1.165) is 25.9 Å². The van der Waals surface area contributed by atoms with Gasteiger partial charge in [-0.3, -0.25) is 10.2 Å². The Morgan fingerprint density at radius 3 is 2.64 bits per heavy atom. The Morgan fingerprint density at radius 2 is 2.21 bits per heavy atom. The minimum Gasteiger partial charge on any atom is -0.388 e. The van der Waals surface area contributed by atoms with E-state index in [1.54, 1.807) is 0 Å². The molecule has 3 fully saturated rings. The van der Waals surface area contributed by atoms with E-state index in [2.05, 4.69) is 10.3 Å². The molecule has 4 N–H and O–H groups in total. The quantitative estimate of drug-likeness (QED) is 0.297. The Morgan fingerprint density at radius 1 is 1.57 bits per heavy atom. The second-order valence-corrected chi connectivity index (χ2v) is 4.40. The van der Waals surface area contributed by atoms with Crippen LogP contribution in [0.2, 0.25) is 0 Å². The third-order valence-corrected chi connectivity index (χ3v) is 3.47. The Kier molecular flexibility index (Phi) is 2.47. The third-order valence-electron chi connectivity index (χ3n) is 3.47. The lowest BCUT2D eigenvalue weighted by molar-refractivity contribution is -0.142. The number of piperidine rings is 3. The fourth-order valence-electron chi connectivity index (χ4n) is 2.67. The summed E-state index contributed by atoms with van der Waals surface area (Å²) in [6.45, 7) is 2.72. The van der Waals surface area contributed by atoms with Gasteiger partial charge in [0.15, 0.2) is 0 Å². The van der Waals surface area contributed by atoms with Crippen LogP contribution in [0.25, 0.3) is 0 Å². The van der Waals surface area contributed by atoms with E-state index in [1.807, 2.05) is 0 Å². The summed E-state index contributed by atoms with van der Waals surface area (Å²) in [4.78, 5) is 13.4. The number of carbonyl (C=O) groups excluding carboxylic acids is 1. The van der Waals surface area contributed by atoms with Gasteiger partial charge in [-0.05, 0) is 31.8 Å². The Labute approximate surface area is 83.2 Å². The zero-order valence-electron chi connectivity index (χ0n) is 8.20. The largest absolute Gasteiger partial charge is 0.388 e. The number of nitrogens with two attached hydrogens (primary N) is 1. The predicted molar refractivity (Wildman–Crippen MR) is 51.1 cm³/mol. The molecule has 2 bridgehead atoms. The summed E-state index contributed by atoms with van der Waals surface area (Å²) in [5.41, 5.74) is 1.23. The molecule has 0 aromatic carbocycles. The summed E-state index contributed by atoms with van der Waals surface area (Å²) in [7, 11) is 0. The van der Waals surface area contributed by atoms with E-state index in [4.69, 9.17) is 5.84 Å². The molecule has 3 saturated heterocycles. The van der Waals surface area contributed by atoms with Crippen LogP contribution in [0.4, 0.5) is 0 Å². The molecule has 3 aliphatic heterocycles. The smallest absolute Gasteiger partial charge is 0.236 e. The van der Waals surface area contributed by atoms with Crippen molar-refractivity contribution in [1.29, 1.82) is 0 Å². The minimum absolute atomic E-state index is 0.130. The first-order valence-corrected chi connectivity index (χ1v) is 5.08. The van der Waals surface area contributed by atoms with Crippen LogP contribution in [0.1, 0.15) is 19.3 Å². The standard InChI is InChI=1S/C9H17N3O2/c10-11-8(13)5-9(14)6-12-3-1-7(9)2-4-12/h7,14H,1-6,10H2,(H,11,13)/t9-/m0/s1. The SMILES string of the molecule is NNC(=O)C[C@]1(O)CN2CCC1CC2. The first-order valence-electron chi connectivity index (χ1n) is 5.08. The predicted octanol–water partition coefficient (Wildman–Crippen LogP) is -1.18. The van der Waals surface area contributed by atoms with Crippen molar-refractivity contribution in [1.82, 2.24) is 10.3 Å². The number of amides is 1. The van der Waals surface area contributed by atoms with Gasteiger partial charge in [0.25, 0.3) is 0 Å². The van der Waals surface area contributed by atoms with Crippen molar-refractivity contribution in [3.63, 3.8) is 0 Å². The number of carbonyl (C=O) groups is 1. The van der Waals surface area contributed by atoms with E-state index in [0.29, 0.717) is 6.54 Å². The van der Waals surface area contributed by atoms with Crippen LogP contribution >= 0.6 is 0 Å². The topological polar surface area (TPSA) is 78.6 Å². The van der Waals surface area contributed by atoms with Crippen molar-refractivity contribution in [2.75, 3.05) is 19.6 Å². The van der Waals surface area contributed by atoms with Crippen LogP contribution in [0.15, 0.2) is 0 Å². The number of hydrogen-bond donors (Lipinski definition) is 3. The second kappa shape index (κ2) is 3.49. The molecule has 0 spiro atoms. The van der Waals surface area contributed by atoms with Gasteiger partial charge >= 0.3 is 0 Å². The molecule has 80 valence electrons. The van der Waals surface area contributed by atoms with E-state index in [9.17, 15) is 9.90 Å². The van der Waals surface area contributed by atoms with Gasteiger partial charge in [0, 0.05) is 6.54 Å². The van der Waals surface area contributed by atoms with Crippen molar-refractivity contribution in [2.45, 2.75) is 24.9 Å². The van der Waals surface area contributed by atoms with Crippen molar-refractivity contribution in [3.8, 4) is 0 Å². The highest BCUT2D eigenvalue weighted by molar-refractivity contribution is 5.76. The number of rotatable bonds is 2. The Balaban J connectivity index is 2.04. The summed E-state index contributed by atoms with van der Waals surface area (Å²) in [6.07, 6.45) is 2.12. The zero-order valence-corrected chi connectivity index (χ0v) is 8.20. The van der Waals surface area contributed by atoms with Gasteiger partial charge in [0.1, 0.15) is 0 Å². The Hall–Kier alpha value is -0.650. The average Bonchev–Trinajstić information content (AvgIpc) is 2.18. The van der Waals surface area contributed by atoms with E-state index in [1.165, 1.54) is 0 Å². The molecule has 0 aromatic heterocycles. The molecule has 3 heterocycles. The summed E-state index contributed by atoms with van der Waals surface area (Å²) in [5.74, 6) is 5.01. The lowest BCUT2D eigenvalue weighted by Crippen LogP contribution is -2.60. The maximum absolute atomic E-state index is 11.1. The molecule has 5 nitrogen and oxygen atoms in total. The number of hydrazine groups is 1. The van der Waals surface area contributed by atoms with Gasteiger partial charge in [-0.2, -0.15) is 0 Å². The maximum Gasteiger partial charge on any atom is 0.236 e. The van der Waals surface area contributed by atoms with Crippen molar-refractivity contribution < 1.29 is 9.90 Å². The molecule has 0 unspecified atom stereocenters. The molecule has 1 amide bonds. The van der Waals surface area contributed by atoms with Crippen LogP contribution in [0.3, 0.4) is 0 Å². The normalized spacial score (nSPS) is 41.0. The van der Waals surface area contributed by atoms with Gasteiger partial charge in [-0.1, -0.05) is 0 Å². The van der Waals surface area contributed by atoms with Crippen molar-refractivity contribution in [2.24, 2.45) is 11.8 Å². The maximum atomic E-state index is 11.1. The molecular weight excluding hydrogens is 182 g/mol. The number of aliphatic hydroxyl groups is 1. The minimum atomic E-state index is -0.847. The van der Waals surface area contributed by atoms with Crippen LogP contribution < -0.4 is 11.3 Å². The number of hydrogen-bond acceptors (Lipinski definition) is 4. The second-order valence-electron chi connectivity index (χ2n) is 4.40. The summed E-state index contributed by atoms with van der Waals surface area (Å²) >= 11 is 0. The monoisotopic (exact) mass is 199 g/mol. The molecule has 0 aliphatic carbocycles. The number of nitrogens with zero attached hydrogens (tertiary/aromatic N) is 1. The van der Waals surface area contributed by atoms with Crippen LogP contribution in [0.5, 0.6) is 0 Å². The highest BCUT2D eigenvalue weighted by Crippen LogP contribution is 2.37. The molecule has 0 saturated carbocycles. The van der Waals surface area contributed by atoms with Gasteiger partial charge < -0.3 is 10.0 Å². The highest BCUT2D eigenvalue weighted by Gasteiger charge is 2.46. The fourth-order valence-corrected chi connectivity index (χ4v) is 2.67. The van der Waals surface area contributed by atoms with Gasteiger partial charge in [0.2, 0.25) is 5.91 Å². The van der Waals surface area contributed by atoms with Gasteiger partial charge in [0.05, 0.1) is 12.0 Å². The van der Waals surface area contributed by atoms with Gasteiger partial charge in [-0.25, -0.2) is 5.84 Å². The van der Waals surface area contributed by atoms with Crippen LogP contribution in [-0.2, 0) is 4.79 Å².